The van der Waals surface area contributed by atoms with Gasteiger partial charge in [-0.25, -0.2) is 0 Å². The van der Waals surface area contributed by atoms with Gasteiger partial charge in [0.1, 0.15) is 0 Å². The van der Waals surface area contributed by atoms with E-state index < -0.39 is 23.4 Å². The van der Waals surface area contributed by atoms with E-state index in [0.29, 0.717) is 5.56 Å². The molecule has 0 aliphatic carbocycles. The van der Waals surface area contributed by atoms with E-state index in [9.17, 15) is 18.3 Å². The summed E-state index contributed by atoms with van der Waals surface area (Å²) in [5, 5.41) is 10.7. The maximum atomic E-state index is 12.6. The first-order valence-corrected chi connectivity index (χ1v) is 7.39. The molecule has 118 valence electrons. The predicted octanol–water partition coefficient (Wildman–Crippen LogP) is 4.00. The number of aliphatic hydroxyl groups is 1. The Bertz CT molecular complexity index is 465. The Hall–Kier alpha value is -1.07. The van der Waals surface area contributed by atoms with Gasteiger partial charge >= 0.3 is 6.18 Å². The van der Waals surface area contributed by atoms with Crippen molar-refractivity contribution in [2.75, 3.05) is 13.1 Å². The van der Waals surface area contributed by atoms with Crippen LogP contribution in [0.1, 0.15) is 50.3 Å². The van der Waals surface area contributed by atoms with Crippen LogP contribution in [0.25, 0.3) is 0 Å². The van der Waals surface area contributed by atoms with Crippen molar-refractivity contribution in [1.29, 1.82) is 0 Å². The fourth-order valence-corrected chi connectivity index (χ4v) is 3.03. The van der Waals surface area contributed by atoms with E-state index in [1.165, 1.54) is 12.1 Å². The number of alkyl halides is 3. The van der Waals surface area contributed by atoms with Crippen LogP contribution in [0.4, 0.5) is 13.2 Å². The van der Waals surface area contributed by atoms with Gasteiger partial charge in [0, 0.05) is 5.54 Å². The summed E-state index contributed by atoms with van der Waals surface area (Å²) >= 11 is 0. The molecular weight excluding hydrogens is 279 g/mol. The van der Waals surface area contributed by atoms with Crippen LogP contribution in [0.3, 0.4) is 0 Å². The number of aliphatic hydroxyl groups excluding tert-OH is 1. The first kappa shape index (κ1) is 16.3. The average molecular weight is 301 g/mol. The minimum absolute atomic E-state index is 0.434. The molecule has 1 fully saturated rings. The first-order chi connectivity index (χ1) is 9.79. The normalized spacial score (nSPS) is 21.2. The summed E-state index contributed by atoms with van der Waals surface area (Å²) in [4.78, 5) is 2.25. The summed E-state index contributed by atoms with van der Waals surface area (Å²) < 4.78 is 37.8. The third-order valence-corrected chi connectivity index (χ3v) is 4.69. The van der Waals surface area contributed by atoms with Gasteiger partial charge in [0.2, 0.25) is 0 Å². The third kappa shape index (κ3) is 3.24. The molecule has 1 aliphatic heterocycles. The lowest BCUT2D eigenvalue weighted by Gasteiger charge is -2.42. The zero-order chi connectivity index (χ0) is 15.7. The summed E-state index contributed by atoms with van der Waals surface area (Å²) in [6.45, 7) is 5.86. The minimum Gasteiger partial charge on any atom is -0.386 e. The van der Waals surface area contributed by atoms with Gasteiger partial charge in [-0.3, -0.25) is 4.90 Å². The highest BCUT2D eigenvalue weighted by Crippen LogP contribution is 2.37. The second-order valence-corrected chi connectivity index (χ2v) is 5.93. The Kier molecular flexibility index (Phi) is 4.63. The van der Waals surface area contributed by atoms with Crippen LogP contribution in [-0.4, -0.2) is 28.6 Å². The topological polar surface area (TPSA) is 23.5 Å². The molecule has 0 spiro atoms. The third-order valence-electron chi connectivity index (χ3n) is 4.69. The Morgan fingerprint density at radius 1 is 1.14 bits per heavy atom. The SMILES string of the molecule is CCC(C)(C(O)c1ccc(C(F)(F)F)cc1)N1CCCC1. The molecule has 0 saturated carbocycles. The smallest absolute Gasteiger partial charge is 0.386 e. The van der Waals surface area contributed by atoms with Crippen LogP contribution in [0.15, 0.2) is 24.3 Å². The Morgan fingerprint density at radius 2 is 1.67 bits per heavy atom. The van der Waals surface area contributed by atoms with Gasteiger partial charge in [0.05, 0.1) is 11.7 Å². The van der Waals surface area contributed by atoms with Crippen molar-refractivity contribution < 1.29 is 18.3 Å². The van der Waals surface area contributed by atoms with Crippen LogP contribution in [-0.2, 0) is 6.18 Å². The average Bonchev–Trinajstić information content (AvgIpc) is 2.99. The molecule has 1 aromatic rings. The number of benzene rings is 1. The Labute approximate surface area is 123 Å². The molecule has 1 aliphatic rings. The minimum atomic E-state index is -4.34. The summed E-state index contributed by atoms with van der Waals surface area (Å²) in [7, 11) is 0. The monoisotopic (exact) mass is 301 g/mol. The molecule has 2 rings (SSSR count). The highest BCUT2D eigenvalue weighted by Gasteiger charge is 2.39. The summed E-state index contributed by atoms with van der Waals surface area (Å²) in [6.07, 6.45) is -2.17. The molecule has 2 atom stereocenters. The first-order valence-electron chi connectivity index (χ1n) is 7.39. The van der Waals surface area contributed by atoms with Crippen molar-refractivity contribution in [2.45, 2.75) is 50.9 Å². The standard InChI is InChI=1S/C16H22F3NO/c1-3-15(2,20-10-4-5-11-20)14(21)12-6-8-13(9-7-12)16(17,18)19/h6-9,14,21H,3-5,10-11H2,1-2H3. The van der Waals surface area contributed by atoms with Crippen LogP contribution in [0.5, 0.6) is 0 Å². The van der Waals surface area contributed by atoms with Crippen LogP contribution in [0, 0.1) is 0 Å². The van der Waals surface area contributed by atoms with E-state index in [1.54, 1.807) is 0 Å². The highest BCUT2D eigenvalue weighted by molar-refractivity contribution is 5.28. The van der Waals surface area contributed by atoms with Gasteiger partial charge in [0.15, 0.2) is 0 Å². The Balaban J connectivity index is 2.23. The van der Waals surface area contributed by atoms with Crippen LogP contribution < -0.4 is 0 Å². The van der Waals surface area contributed by atoms with Gasteiger partial charge < -0.3 is 5.11 Å². The molecule has 0 radical (unpaired) electrons. The molecule has 5 heteroatoms. The second kappa shape index (κ2) is 5.97. The fourth-order valence-electron chi connectivity index (χ4n) is 3.03. The second-order valence-electron chi connectivity index (χ2n) is 5.93. The zero-order valence-corrected chi connectivity index (χ0v) is 12.5. The molecule has 21 heavy (non-hydrogen) atoms. The molecule has 0 amide bonds. The molecule has 0 bridgehead atoms. The van der Waals surface area contributed by atoms with Crippen molar-refractivity contribution in [2.24, 2.45) is 0 Å². The number of nitrogens with zero attached hydrogens (tertiary/aromatic N) is 1. The van der Waals surface area contributed by atoms with Crippen molar-refractivity contribution in [3.8, 4) is 0 Å². The quantitative estimate of drug-likeness (QED) is 0.908. The van der Waals surface area contributed by atoms with Gasteiger partial charge in [-0.1, -0.05) is 19.1 Å². The number of hydrogen-bond acceptors (Lipinski definition) is 2. The van der Waals surface area contributed by atoms with E-state index >= 15 is 0 Å². The van der Waals surface area contributed by atoms with Gasteiger partial charge in [-0.15, -0.1) is 0 Å². The number of hydrogen-bond donors (Lipinski definition) is 1. The predicted molar refractivity (Wildman–Crippen MR) is 75.9 cm³/mol. The maximum absolute atomic E-state index is 12.6. The number of rotatable bonds is 4. The summed E-state index contributed by atoms with van der Waals surface area (Å²) in [6, 6.07) is 4.85. The van der Waals surface area contributed by atoms with Crippen molar-refractivity contribution >= 4 is 0 Å². The molecule has 1 aromatic carbocycles. The van der Waals surface area contributed by atoms with Gasteiger partial charge in [-0.05, 0) is 57.0 Å². The highest BCUT2D eigenvalue weighted by atomic mass is 19.4. The number of likely N-dealkylation sites (tertiary alicyclic amines) is 1. The molecule has 0 aromatic heterocycles. The van der Waals surface area contributed by atoms with Crippen molar-refractivity contribution in [3.63, 3.8) is 0 Å². The van der Waals surface area contributed by atoms with Gasteiger partial charge in [-0.2, -0.15) is 13.2 Å². The fraction of sp³-hybridized carbons (Fsp3) is 0.625. The molecular formula is C16H22F3NO. The lowest BCUT2D eigenvalue weighted by Crippen LogP contribution is -2.48. The van der Waals surface area contributed by atoms with Crippen LogP contribution >= 0.6 is 0 Å². The molecule has 2 unspecified atom stereocenters. The lowest BCUT2D eigenvalue weighted by atomic mass is 9.85. The molecule has 1 N–H and O–H groups in total. The van der Waals surface area contributed by atoms with E-state index in [2.05, 4.69) is 4.90 Å². The zero-order valence-electron chi connectivity index (χ0n) is 12.5. The van der Waals surface area contributed by atoms with Crippen molar-refractivity contribution in [1.82, 2.24) is 4.90 Å². The van der Waals surface area contributed by atoms with E-state index in [-0.39, 0.29) is 0 Å². The van der Waals surface area contributed by atoms with Crippen molar-refractivity contribution in [3.05, 3.63) is 35.4 Å². The number of halogens is 3. The van der Waals surface area contributed by atoms with E-state index in [4.69, 9.17) is 0 Å². The molecule has 2 nitrogen and oxygen atoms in total. The van der Waals surface area contributed by atoms with Crippen LogP contribution in [0.2, 0.25) is 0 Å². The lowest BCUT2D eigenvalue weighted by molar-refractivity contribution is -0.137. The summed E-state index contributed by atoms with van der Waals surface area (Å²) in [5.74, 6) is 0. The molecule has 1 saturated heterocycles. The largest absolute Gasteiger partial charge is 0.416 e. The maximum Gasteiger partial charge on any atom is 0.416 e. The van der Waals surface area contributed by atoms with E-state index in [0.717, 1.165) is 44.5 Å². The Morgan fingerprint density at radius 3 is 2.10 bits per heavy atom. The van der Waals surface area contributed by atoms with Gasteiger partial charge in [0.25, 0.3) is 0 Å². The van der Waals surface area contributed by atoms with E-state index in [1.807, 2.05) is 13.8 Å². The molecule has 1 heterocycles. The summed E-state index contributed by atoms with van der Waals surface area (Å²) in [5.41, 5.74) is -0.576.